The molecule has 2 N–H and O–H groups in total. The van der Waals surface area contributed by atoms with Crippen LogP contribution in [0.25, 0.3) is 0 Å². The number of carboxylic acid groups (broad SMARTS) is 1. The Hall–Kier alpha value is -1.85. The molecule has 1 aromatic carbocycles. The Morgan fingerprint density at radius 3 is 2.45 bits per heavy atom. The second-order valence-corrected chi connectivity index (χ2v) is 4.86. The number of hydrogen-bond donors (Lipinski definition) is 2. The van der Waals surface area contributed by atoms with Gasteiger partial charge in [-0.15, -0.1) is 0 Å². The van der Waals surface area contributed by atoms with E-state index in [9.17, 15) is 9.18 Å². The molecule has 2 aromatic rings. The highest BCUT2D eigenvalue weighted by Gasteiger charge is 2.15. The summed E-state index contributed by atoms with van der Waals surface area (Å²) in [7, 11) is 0. The lowest BCUT2D eigenvalue weighted by Crippen LogP contribution is -2.05. The standard InChI is InChI=1S/C13H9Cl2FN2O2/c1-6-2-11(8(5-17-6)13(19)20)18-12-9(14)3-7(16)4-10(12)15/h2-5H,1H3,(H,17,18)(H,19,20). The first-order valence-electron chi connectivity index (χ1n) is 5.50. The van der Waals surface area contributed by atoms with Crippen LogP contribution in [0.2, 0.25) is 10.0 Å². The third kappa shape index (κ3) is 3.00. The van der Waals surface area contributed by atoms with Crippen LogP contribution in [0.3, 0.4) is 0 Å². The van der Waals surface area contributed by atoms with Crippen LogP contribution in [0.1, 0.15) is 16.1 Å². The van der Waals surface area contributed by atoms with Crippen molar-refractivity contribution >= 4 is 40.5 Å². The zero-order chi connectivity index (χ0) is 14.9. The molecule has 4 nitrogen and oxygen atoms in total. The summed E-state index contributed by atoms with van der Waals surface area (Å²) in [6.07, 6.45) is 1.23. The first-order chi connectivity index (χ1) is 9.38. The van der Waals surface area contributed by atoms with E-state index in [4.69, 9.17) is 28.3 Å². The highest BCUT2D eigenvalue weighted by molar-refractivity contribution is 6.39. The molecule has 0 atom stereocenters. The molecule has 0 saturated carbocycles. The van der Waals surface area contributed by atoms with E-state index in [2.05, 4.69) is 10.3 Å². The Morgan fingerprint density at radius 2 is 1.90 bits per heavy atom. The van der Waals surface area contributed by atoms with Crippen LogP contribution in [-0.2, 0) is 0 Å². The third-order valence-electron chi connectivity index (χ3n) is 2.54. The van der Waals surface area contributed by atoms with E-state index in [-0.39, 0.29) is 27.0 Å². The van der Waals surface area contributed by atoms with Crippen molar-refractivity contribution in [2.45, 2.75) is 6.92 Å². The SMILES string of the molecule is Cc1cc(Nc2c(Cl)cc(F)cc2Cl)c(C(=O)O)cn1. The molecule has 0 aliphatic rings. The highest BCUT2D eigenvalue weighted by atomic mass is 35.5. The molecule has 0 unspecified atom stereocenters. The molecule has 1 heterocycles. The normalized spacial score (nSPS) is 10.4. The van der Waals surface area contributed by atoms with Crippen LogP contribution in [-0.4, -0.2) is 16.1 Å². The molecule has 0 aliphatic heterocycles. The molecule has 0 amide bonds. The molecule has 0 radical (unpaired) electrons. The number of carbonyl (C=O) groups is 1. The Labute approximate surface area is 124 Å². The first-order valence-corrected chi connectivity index (χ1v) is 6.25. The number of aromatic nitrogens is 1. The summed E-state index contributed by atoms with van der Waals surface area (Å²) in [6, 6.07) is 3.72. The summed E-state index contributed by atoms with van der Waals surface area (Å²) < 4.78 is 13.1. The van der Waals surface area contributed by atoms with Gasteiger partial charge in [-0.2, -0.15) is 0 Å². The average Bonchev–Trinajstić information content (AvgIpc) is 2.33. The smallest absolute Gasteiger partial charge is 0.339 e. The number of benzene rings is 1. The van der Waals surface area contributed by atoms with E-state index < -0.39 is 11.8 Å². The summed E-state index contributed by atoms with van der Waals surface area (Å²) in [4.78, 5) is 15.1. The lowest BCUT2D eigenvalue weighted by Gasteiger charge is -2.13. The maximum Gasteiger partial charge on any atom is 0.339 e. The lowest BCUT2D eigenvalue weighted by atomic mass is 10.2. The first kappa shape index (κ1) is 14.6. The molecule has 0 bridgehead atoms. The minimum absolute atomic E-state index is 0.0351. The van der Waals surface area contributed by atoms with Crippen LogP contribution in [0.5, 0.6) is 0 Å². The Bertz CT molecular complexity index is 669. The maximum atomic E-state index is 13.1. The van der Waals surface area contributed by atoms with Crippen LogP contribution >= 0.6 is 23.2 Å². The van der Waals surface area contributed by atoms with Gasteiger partial charge in [0.1, 0.15) is 11.4 Å². The zero-order valence-corrected chi connectivity index (χ0v) is 11.8. The number of anilines is 2. The molecule has 104 valence electrons. The average molecular weight is 315 g/mol. The van der Waals surface area contributed by atoms with Gasteiger partial charge in [-0.1, -0.05) is 23.2 Å². The van der Waals surface area contributed by atoms with Crippen LogP contribution in [0.15, 0.2) is 24.4 Å². The van der Waals surface area contributed by atoms with Gasteiger partial charge in [-0.25, -0.2) is 9.18 Å². The number of halogens is 3. The van der Waals surface area contributed by atoms with E-state index in [0.29, 0.717) is 5.69 Å². The number of aryl methyl sites for hydroxylation is 1. The fourth-order valence-electron chi connectivity index (χ4n) is 1.63. The van der Waals surface area contributed by atoms with Gasteiger partial charge in [-0.05, 0) is 25.1 Å². The van der Waals surface area contributed by atoms with Gasteiger partial charge in [0, 0.05) is 11.9 Å². The molecule has 20 heavy (non-hydrogen) atoms. The number of aromatic carboxylic acids is 1. The number of hydrogen-bond acceptors (Lipinski definition) is 3. The van der Waals surface area contributed by atoms with Gasteiger partial charge in [0.2, 0.25) is 0 Å². The molecular formula is C13H9Cl2FN2O2. The second kappa shape index (κ2) is 5.64. The fraction of sp³-hybridized carbons (Fsp3) is 0.0769. The van der Waals surface area contributed by atoms with Crippen molar-refractivity contribution in [1.29, 1.82) is 0 Å². The van der Waals surface area contributed by atoms with E-state index >= 15 is 0 Å². The molecule has 0 aliphatic carbocycles. The minimum atomic E-state index is -1.14. The van der Waals surface area contributed by atoms with E-state index in [1.807, 2.05) is 0 Å². The van der Waals surface area contributed by atoms with E-state index in [1.165, 1.54) is 6.20 Å². The molecule has 7 heteroatoms. The molecule has 2 rings (SSSR count). The van der Waals surface area contributed by atoms with Crippen molar-refractivity contribution in [3.63, 3.8) is 0 Å². The van der Waals surface area contributed by atoms with Crippen LogP contribution in [0, 0.1) is 12.7 Å². The largest absolute Gasteiger partial charge is 0.478 e. The summed E-state index contributed by atoms with van der Waals surface area (Å²) in [6.45, 7) is 1.71. The quantitative estimate of drug-likeness (QED) is 0.887. The molecule has 0 spiro atoms. The van der Waals surface area contributed by atoms with Gasteiger partial charge in [0.25, 0.3) is 0 Å². The van der Waals surface area contributed by atoms with Crippen molar-refractivity contribution in [2.24, 2.45) is 0 Å². The third-order valence-corrected chi connectivity index (χ3v) is 3.13. The Kier molecular flexibility index (Phi) is 4.11. The van der Waals surface area contributed by atoms with Crippen molar-refractivity contribution < 1.29 is 14.3 Å². The summed E-state index contributed by atoms with van der Waals surface area (Å²) in [5.41, 5.74) is 1.10. The summed E-state index contributed by atoms with van der Waals surface area (Å²) in [5, 5.41) is 12.0. The fourth-order valence-corrected chi connectivity index (χ4v) is 2.18. The van der Waals surface area contributed by atoms with Gasteiger partial charge in [0.15, 0.2) is 0 Å². The predicted octanol–water partition coefficient (Wildman–Crippen LogP) is 4.28. The van der Waals surface area contributed by atoms with Crippen molar-refractivity contribution in [3.05, 3.63) is 51.5 Å². The molecule has 1 aromatic heterocycles. The number of carboxylic acids is 1. The van der Waals surface area contributed by atoms with Gasteiger partial charge in [-0.3, -0.25) is 4.98 Å². The summed E-state index contributed by atoms with van der Waals surface area (Å²) in [5.74, 6) is -1.72. The van der Waals surface area contributed by atoms with Crippen molar-refractivity contribution in [2.75, 3.05) is 5.32 Å². The Balaban J connectivity index is 2.50. The Morgan fingerprint density at radius 1 is 1.30 bits per heavy atom. The molecule has 0 saturated heterocycles. The summed E-state index contributed by atoms with van der Waals surface area (Å²) >= 11 is 11.8. The number of rotatable bonds is 3. The van der Waals surface area contributed by atoms with Gasteiger partial charge in [0.05, 0.1) is 21.4 Å². The van der Waals surface area contributed by atoms with Gasteiger partial charge >= 0.3 is 5.97 Å². The van der Waals surface area contributed by atoms with Gasteiger partial charge < -0.3 is 10.4 Å². The predicted molar refractivity (Wildman–Crippen MR) is 75.6 cm³/mol. The van der Waals surface area contributed by atoms with Crippen molar-refractivity contribution in [1.82, 2.24) is 4.98 Å². The topological polar surface area (TPSA) is 62.2 Å². The highest BCUT2D eigenvalue weighted by Crippen LogP contribution is 2.34. The van der Waals surface area contributed by atoms with Crippen molar-refractivity contribution in [3.8, 4) is 0 Å². The number of nitrogens with one attached hydrogen (secondary N) is 1. The monoisotopic (exact) mass is 314 g/mol. The second-order valence-electron chi connectivity index (χ2n) is 4.05. The van der Waals surface area contributed by atoms with E-state index in [1.54, 1.807) is 13.0 Å². The van der Waals surface area contributed by atoms with E-state index in [0.717, 1.165) is 12.1 Å². The number of pyridine rings is 1. The maximum absolute atomic E-state index is 13.1. The molecule has 0 fully saturated rings. The van der Waals surface area contributed by atoms with Crippen LogP contribution in [0.4, 0.5) is 15.8 Å². The van der Waals surface area contributed by atoms with Crippen LogP contribution < -0.4 is 5.32 Å². The zero-order valence-electron chi connectivity index (χ0n) is 10.2. The minimum Gasteiger partial charge on any atom is -0.478 e. The molecular weight excluding hydrogens is 306 g/mol. The number of nitrogens with zero attached hydrogens (tertiary/aromatic N) is 1. The lowest BCUT2D eigenvalue weighted by molar-refractivity contribution is 0.0697.